The molecule has 1 saturated heterocycles. The van der Waals surface area contributed by atoms with E-state index in [1.54, 1.807) is 4.31 Å². The molecule has 126 valence electrons. The second kappa shape index (κ2) is 8.49. The lowest BCUT2D eigenvalue weighted by Gasteiger charge is -2.36. The largest absolute Gasteiger partial charge is 0.314 e. The van der Waals surface area contributed by atoms with Crippen molar-refractivity contribution in [2.24, 2.45) is 17.8 Å². The molecule has 0 aromatic carbocycles. The van der Waals surface area contributed by atoms with Crippen molar-refractivity contribution in [2.45, 2.75) is 59.4 Å². The van der Waals surface area contributed by atoms with Gasteiger partial charge in [-0.15, -0.1) is 0 Å². The molecule has 5 heteroatoms. The zero-order chi connectivity index (χ0) is 16.0. The minimum absolute atomic E-state index is 0.490. The van der Waals surface area contributed by atoms with Crippen molar-refractivity contribution in [1.29, 1.82) is 0 Å². The summed E-state index contributed by atoms with van der Waals surface area (Å²) in [5.41, 5.74) is 0. The van der Waals surface area contributed by atoms with Crippen LogP contribution in [0.3, 0.4) is 0 Å². The van der Waals surface area contributed by atoms with Crippen molar-refractivity contribution in [2.75, 3.05) is 25.9 Å². The van der Waals surface area contributed by atoms with Crippen molar-refractivity contribution >= 4 is 10.0 Å². The van der Waals surface area contributed by atoms with Gasteiger partial charge in [0.1, 0.15) is 0 Å². The van der Waals surface area contributed by atoms with Gasteiger partial charge < -0.3 is 5.32 Å². The summed E-state index contributed by atoms with van der Waals surface area (Å²) in [6, 6.07) is 0.495. The molecule has 0 saturated carbocycles. The Hall–Kier alpha value is -0.130. The van der Waals surface area contributed by atoms with Gasteiger partial charge in [-0.05, 0) is 50.0 Å². The lowest BCUT2D eigenvalue weighted by atomic mass is 9.82. The maximum Gasteiger partial charge on any atom is 0.211 e. The summed E-state index contributed by atoms with van der Waals surface area (Å²) in [4.78, 5) is 0. The molecule has 1 rings (SSSR count). The van der Waals surface area contributed by atoms with Crippen LogP contribution in [0.4, 0.5) is 0 Å². The number of hydrogen-bond donors (Lipinski definition) is 1. The van der Waals surface area contributed by atoms with E-state index in [4.69, 9.17) is 0 Å². The molecule has 1 N–H and O–H groups in total. The zero-order valence-corrected chi connectivity index (χ0v) is 15.2. The van der Waals surface area contributed by atoms with Gasteiger partial charge in [0.15, 0.2) is 0 Å². The molecule has 1 heterocycles. The molecular weight excluding hydrogens is 284 g/mol. The normalized spacial score (nSPS) is 24.2. The third kappa shape index (κ3) is 6.25. The highest BCUT2D eigenvalue weighted by Crippen LogP contribution is 2.27. The highest BCUT2D eigenvalue weighted by atomic mass is 32.2. The summed E-state index contributed by atoms with van der Waals surface area (Å²) in [7, 11) is -3.04. The van der Waals surface area contributed by atoms with Crippen LogP contribution in [0.1, 0.15) is 53.4 Å². The fourth-order valence-electron chi connectivity index (χ4n) is 3.16. The molecule has 4 nitrogen and oxygen atoms in total. The Balaban J connectivity index is 2.64. The Morgan fingerprint density at radius 1 is 1.29 bits per heavy atom. The van der Waals surface area contributed by atoms with Gasteiger partial charge in [-0.25, -0.2) is 12.7 Å². The maximum absolute atomic E-state index is 11.7. The number of hydrogen-bond acceptors (Lipinski definition) is 3. The lowest BCUT2D eigenvalue weighted by molar-refractivity contribution is 0.200. The van der Waals surface area contributed by atoms with Gasteiger partial charge in [-0.2, -0.15) is 0 Å². The van der Waals surface area contributed by atoms with E-state index in [9.17, 15) is 8.42 Å². The fourth-order valence-corrected chi connectivity index (χ4v) is 4.10. The van der Waals surface area contributed by atoms with Crippen LogP contribution in [0.15, 0.2) is 0 Å². The fraction of sp³-hybridized carbons (Fsp3) is 1.00. The number of nitrogens with one attached hydrogen (secondary N) is 1. The van der Waals surface area contributed by atoms with Gasteiger partial charge in [-0.3, -0.25) is 0 Å². The van der Waals surface area contributed by atoms with Crippen molar-refractivity contribution in [3.63, 3.8) is 0 Å². The number of rotatable bonds is 8. The van der Waals surface area contributed by atoms with E-state index >= 15 is 0 Å². The molecule has 0 aromatic rings. The van der Waals surface area contributed by atoms with Crippen molar-refractivity contribution in [3.8, 4) is 0 Å². The molecule has 0 amide bonds. The van der Waals surface area contributed by atoms with Crippen molar-refractivity contribution < 1.29 is 8.42 Å². The first-order valence-electron chi connectivity index (χ1n) is 8.44. The van der Waals surface area contributed by atoms with Crippen LogP contribution in [-0.4, -0.2) is 44.7 Å². The summed E-state index contributed by atoms with van der Waals surface area (Å²) < 4.78 is 25.1. The average molecular weight is 319 g/mol. The van der Waals surface area contributed by atoms with Crippen molar-refractivity contribution in [1.82, 2.24) is 9.62 Å². The third-order valence-electron chi connectivity index (χ3n) is 4.88. The van der Waals surface area contributed by atoms with E-state index in [1.165, 1.54) is 6.26 Å². The van der Waals surface area contributed by atoms with E-state index in [0.717, 1.165) is 32.2 Å². The summed E-state index contributed by atoms with van der Waals surface area (Å²) in [5, 5.41) is 3.68. The highest BCUT2D eigenvalue weighted by molar-refractivity contribution is 7.88. The molecule has 3 unspecified atom stereocenters. The van der Waals surface area contributed by atoms with E-state index in [-0.39, 0.29) is 0 Å². The molecule has 0 bridgehead atoms. The number of piperidine rings is 1. The van der Waals surface area contributed by atoms with Crippen LogP contribution >= 0.6 is 0 Å². The summed E-state index contributed by atoms with van der Waals surface area (Å²) in [5.74, 6) is 1.75. The molecule has 1 aliphatic heterocycles. The zero-order valence-electron chi connectivity index (χ0n) is 14.4. The lowest BCUT2D eigenvalue weighted by Crippen LogP contribution is -2.44. The second-order valence-corrected chi connectivity index (χ2v) is 9.01. The minimum Gasteiger partial charge on any atom is -0.314 e. The minimum atomic E-state index is -3.04. The Labute approximate surface area is 131 Å². The SMILES string of the molecule is CCCNC(CC1CCCN(S(C)(=O)=O)C1)C(C)C(C)C. The van der Waals surface area contributed by atoms with Gasteiger partial charge in [0.05, 0.1) is 6.26 Å². The standard InChI is InChI=1S/C16H34N2O2S/c1-6-9-17-16(14(4)13(2)3)11-15-8-7-10-18(12-15)21(5,19)20/h13-17H,6-12H2,1-5H3. The molecule has 3 atom stereocenters. The van der Waals surface area contributed by atoms with Gasteiger partial charge in [0, 0.05) is 19.1 Å². The molecule has 0 aliphatic carbocycles. The Morgan fingerprint density at radius 3 is 2.48 bits per heavy atom. The average Bonchev–Trinajstić information content (AvgIpc) is 2.42. The predicted octanol–water partition coefficient (Wildman–Crippen LogP) is 2.71. The molecule has 1 aliphatic rings. The van der Waals surface area contributed by atoms with Gasteiger partial charge in [0.2, 0.25) is 10.0 Å². The Bertz CT molecular complexity index is 395. The van der Waals surface area contributed by atoms with Crippen LogP contribution in [0.5, 0.6) is 0 Å². The van der Waals surface area contributed by atoms with E-state index < -0.39 is 10.0 Å². The van der Waals surface area contributed by atoms with Gasteiger partial charge in [0.25, 0.3) is 0 Å². The number of nitrogens with zero attached hydrogens (tertiary/aromatic N) is 1. The van der Waals surface area contributed by atoms with Crippen LogP contribution in [-0.2, 0) is 10.0 Å². The molecule has 1 fully saturated rings. The third-order valence-corrected chi connectivity index (χ3v) is 6.15. The van der Waals surface area contributed by atoms with Gasteiger partial charge >= 0.3 is 0 Å². The highest BCUT2D eigenvalue weighted by Gasteiger charge is 2.29. The van der Waals surface area contributed by atoms with Crippen LogP contribution in [0.2, 0.25) is 0 Å². The van der Waals surface area contributed by atoms with Crippen LogP contribution in [0.25, 0.3) is 0 Å². The summed E-state index contributed by atoms with van der Waals surface area (Å²) in [6.45, 7) is 11.5. The molecular formula is C16H34N2O2S. The second-order valence-electron chi connectivity index (χ2n) is 7.03. The van der Waals surface area contributed by atoms with E-state index in [2.05, 4.69) is 33.0 Å². The molecule has 0 spiro atoms. The van der Waals surface area contributed by atoms with Crippen molar-refractivity contribution in [3.05, 3.63) is 0 Å². The monoisotopic (exact) mass is 318 g/mol. The molecule has 21 heavy (non-hydrogen) atoms. The first-order valence-corrected chi connectivity index (χ1v) is 10.3. The first-order chi connectivity index (χ1) is 9.75. The first kappa shape index (κ1) is 18.9. The topological polar surface area (TPSA) is 49.4 Å². The molecule has 0 aromatic heterocycles. The Kier molecular flexibility index (Phi) is 7.65. The van der Waals surface area contributed by atoms with Crippen LogP contribution < -0.4 is 5.32 Å². The summed E-state index contributed by atoms with van der Waals surface area (Å²) in [6.07, 6.45) is 5.71. The van der Waals surface area contributed by atoms with Crippen LogP contribution in [0, 0.1) is 17.8 Å². The smallest absolute Gasteiger partial charge is 0.211 e. The van der Waals surface area contributed by atoms with E-state index in [0.29, 0.717) is 36.9 Å². The van der Waals surface area contributed by atoms with E-state index in [1.807, 2.05) is 0 Å². The Morgan fingerprint density at radius 2 is 1.95 bits per heavy atom. The maximum atomic E-state index is 11.7. The quantitative estimate of drug-likeness (QED) is 0.748. The summed E-state index contributed by atoms with van der Waals surface area (Å²) >= 11 is 0. The van der Waals surface area contributed by atoms with Gasteiger partial charge in [-0.1, -0.05) is 27.7 Å². The number of sulfonamides is 1. The predicted molar refractivity (Wildman–Crippen MR) is 89.8 cm³/mol. The molecule has 0 radical (unpaired) electrons.